The molecule has 1 heterocycles. The van der Waals surface area contributed by atoms with Gasteiger partial charge in [0.1, 0.15) is 0 Å². The minimum Gasteiger partial charge on any atom is -0.344 e. The van der Waals surface area contributed by atoms with Crippen LogP contribution in [-0.4, -0.2) is 49.5 Å². The van der Waals surface area contributed by atoms with E-state index in [-0.39, 0.29) is 0 Å². The first-order valence-electron chi connectivity index (χ1n) is 4.33. The van der Waals surface area contributed by atoms with Crippen molar-refractivity contribution in [3.63, 3.8) is 0 Å². The number of rotatable bonds is 2. The molecule has 0 bridgehead atoms. The molecule has 0 radical (unpaired) electrons. The maximum atomic E-state index is 4.46. The van der Waals surface area contributed by atoms with E-state index in [1.54, 1.807) is 0 Å². The number of aliphatic imine (C=N–C) groups is 1. The second-order valence-electron chi connectivity index (χ2n) is 3.05. The first-order valence-corrected chi connectivity index (χ1v) is 4.33. The summed E-state index contributed by atoms with van der Waals surface area (Å²) in [6.45, 7) is 4.99. The van der Waals surface area contributed by atoms with Crippen LogP contribution in [0.2, 0.25) is 0 Å². The van der Waals surface area contributed by atoms with Gasteiger partial charge in [0.05, 0.1) is 6.54 Å². The maximum absolute atomic E-state index is 4.46. The summed E-state index contributed by atoms with van der Waals surface area (Å²) in [5, 5.41) is 0. The van der Waals surface area contributed by atoms with Gasteiger partial charge < -0.3 is 9.80 Å². The van der Waals surface area contributed by atoms with E-state index in [0.29, 0.717) is 0 Å². The quantitative estimate of drug-likeness (QED) is 0.566. The Labute approximate surface area is 74.4 Å². The van der Waals surface area contributed by atoms with Crippen LogP contribution in [-0.2, 0) is 0 Å². The molecule has 3 nitrogen and oxygen atoms in total. The van der Waals surface area contributed by atoms with Gasteiger partial charge in [0, 0.05) is 27.2 Å². The number of hydrogen-bond donors (Lipinski definition) is 0. The summed E-state index contributed by atoms with van der Waals surface area (Å²) in [5.41, 5.74) is 0. The van der Waals surface area contributed by atoms with Crippen LogP contribution in [0.5, 0.6) is 0 Å². The normalized spacial score (nSPS) is 18.1. The lowest BCUT2D eigenvalue weighted by Crippen LogP contribution is -2.28. The molecule has 0 amide bonds. The zero-order chi connectivity index (χ0) is 8.97. The highest BCUT2D eigenvalue weighted by Gasteiger charge is 2.18. The predicted octanol–water partition coefficient (Wildman–Crippen LogP) is 0.796. The lowest BCUT2D eigenvalue weighted by atomic mass is 10.5. The molecule has 1 saturated heterocycles. The summed E-state index contributed by atoms with van der Waals surface area (Å²) in [5.74, 6) is 1.10. The molecule has 68 valence electrons. The van der Waals surface area contributed by atoms with E-state index < -0.39 is 0 Å². The molecule has 0 aromatic heterocycles. The fourth-order valence-electron chi connectivity index (χ4n) is 1.27. The van der Waals surface area contributed by atoms with Gasteiger partial charge in [-0.25, -0.2) is 4.99 Å². The van der Waals surface area contributed by atoms with Crippen molar-refractivity contribution in [1.29, 1.82) is 0 Å². The Morgan fingerprint density at radius 2 is 1.92 bits per heavy atom. The van der Waals surface area contributed by atoms with Crippen molar-refractivity contribution in [3.8, 4) is 0 Å². The molecule has 0 atom stereocenters. The van der Waals surface area contributed by atoms with E-state index in [4.69, 9.17) is 0 Å². The molecule has 1 rings (SSSR count). The Kier molecular flexibility index (Phi) is 3.14. The first-order chi connectivity index (χ1) is 5.75. The molecule has 1 fully saturated rings. The SMILES string of the molecule is C/C=C/CN=C1N(C)CCN1C. The molecular formula is C9H17N3. The van der Waals surface area contributed by atoms with Crippen molar-refractivity contribution in [1.82, 2.24) is 9.80 Å². The van der Waals surface area contributed by atoms with Crippen molar-refractivity contribution < 1.29 is 0 Å². The minimum atomic E-state index is 0.792. The molecule has 0 aliphatic carbocycles. The van der Waals surface area contributed by atoms with Crippen molar-refractivity contribution in [3.05, 3.63) is 12.2 Å². The van der Waals surface area contributed by atoms with E-state index in [2.05, 4.69) is 35.0 Å². The van der Waals surface area contributed by atoms with Gasteiger partial charge in [-0.2, -0.15) is 0 Å². The van der Waals surface area contributed by atoms with Crippen LogP contribution < -0.4 is 0 Å². The molecule has 1 aliphatic heterocycles. The van der Waals surface area contributed by atoms with E-state index in [9.17, 15) is 0 Å². The van der Waals surface area contributed by atoms with E-state index in [1.165, 1.54) is 0 Å². The Hall–Kier alpha value is -0.990. The second kappa shape index (κ2) is 4.14. The standard InChI is InChI=1S/C9H17N3/c1-4-5-6-10-9-11(2)7-8-12(9)3/h4-5H,6-8H2,1-3H3/b5-4+. The summed E-state index contributed by atoms with van der Waals surface area (Å²) >= 11 is 0. The van der Waals surface area contributed by atoms with Crippen LogP contribution >= 0.6 is 0 Å². The average Bonchev–Trinajstić information content (AvgIpc) is 2.35. The van der Waals surface area contributed by atoms with Crippen LogP contribution in [0.25, 0.3) is 0 Å². The predicted molar refractivity (Wildman–Crippen MR) is 52.4 cm³/mol. The number of guanidine groups is 1. The molecule has 1 aliphatic rings. The number of nitrogens with zero attached hydrogens (tertiary/aromatic N) is 3. The van der Waals surface area contributed by atoms with Crippen LogP contribution in [0.4, 0.5) is 0 Å². The molecular weight excluding hydrogens is 150 g/mol. The Morgan fingerprint density at radius 3 is 2.42 bits per heavy atom. The van der Waals surface area contributed by atoms with Crippen molar-refractivity contribution in [2.75, 3.05) is 33.7 Å². The zero-order valence-electron chi connectivity index (χ0n) is 8.12. The Balaban J connectivity index is 2.52. The molecule has 0 unspecified atom stereocenters. The third-order valence-electron chi connectivity index (χ3n) is 2.03. The van der Waals surface area contributed by atoms with Crippen LogP contribution in [0, 0.1) is 0 Å². The van der Waals surface area contributed by atoms with Gasteiger partial charge in [0.15, 0.2) is 5.96 Å². The highest BCUT2D eigenvalue weighted by atomic mass is 15.4. The van der Waals surface area contributed by atoms with Gasteiger partial charge in [-0.1, -0.05) is 12.2 Å². The fourth-order valence-corrected chi connectivity index (χ4v) is 1.27. The number of likely N-dealkylation sites (N-methyl/N-ethyl adjacent to an activating group) is 2. The van der Waals surface area contributed by atoms with Gasteiger partial charge in [0.25, 0.3) is 0 Å². The third kappa shape index (κ3) is 2.00. The minimum absolute atomic E-state index is 0.792. The lowest BCUT2D eigenvalue weighted by Gasteiger charge is -2.14. The summed E-state index contributed by atoms with van der Waals surface area (Å²) in [6.07, 6.45) is 4.09. The van der Waals surface area contributed by atoms with E-state index in [1.807, 2.05) is 13.0 Å². The molecule has 12 heavy (non-hydrogen) atoms. The molecule has 0 N–H and O–H groups in total. The largest absolute Gasteiger partial charge is 0.344 e. The van der Waals surface area contributed by atoms with Gasteiger partial charge in [0.2, 0.25) is 0 Å². The zero-order valence-corrected chi connectivity index (χ0v) is 8.12. The molecule has 0 aromatic carbocycles. The van der Waals surface area contributed by atoms with Gasteiger partial charge in [-0.05, 0) is 6.92 Å². The lowest BCUT2D eigenvalue weighted by molar-refractivity contribution is 0.553. The summed E-state index contributed by atoms with van der Waals surface area (Å²) in [4.78, 5) is 8.82. The van der Waals surface area contributed by atoms with Gasteiger partial charge in [-0.15, -0.1) is 0 Å². The number of hydrogen-bond acceptors (Lipinski definition) is 1. The van der Waals surface area contributed by atoms with Gasteiger partial charge in [-0.3, -0.25) is 0 Å². The average molecular weight is 167 g/mol. The fraction of sp³-hybridized carbons (Fsp3) is 0.667. The van der Waals surface area contributed by atoms with Crippen molar-refractivity contribution >= 4 is 5.96 Å². The molecule has 3 heteroatoms. The van der Waals surface area contributed by atoms with Crippen molar-refractivity contribution in [2.24, 2.45) is 4.99 Å². The van der Waals surface area contributed by atoms with Crippen LogP contribution in [0.3, 0.4) is 0 Å². The highest BCUT2D eigenvalue weighted by Crippen LogP contribution is 2.02. The van der Waals surface area contributed by atoms with E-state index >= 15 is 0 Å². The summed E-state index contributed by atoms with van der Waals surface area (Å²) in [7, 11) is 4.16. The summed E-state index contributed by atoms with van der Waals surface area (Å²) < 4.78 is 0. The van der Waals surface area contributed by atoms with Crippen molar-refractivity contribution in [2.45, 2.75) is 6.92 Å². The van der Waals surface area contributed by atoms with Crippen LogP contribution in [0.15, 0.2) is 17.1 Å². The monoisotopic (exact) mass is 167 g/mol. The van der Waals surface area contributed by atoms with E-state index in [0.717, 1.165) is 25.6 Å². The second-order valence-corrected chi connectivity index (χ2v) is 3.05. The molecule has 0 saturated carbocycles. The Morgan fingerprint density at radius 1 is 1.33 bits per heavy atom. The third-order valence-corrected chi connectivity index (χ3v) is 2.03. The first kappa shape index (κ1) is 9.10. The topological polar surface area (TPSA) is 18.8 Å². The van der Waals surface area contributed by atoms with Crippen LogP contribution in [0.1, 0.15) is 6.92 Å². The Bertz CT molecular complexity index is 184. The van der Waals surface area contributed by atoms with Gasteiger partial charge >= 0.3 is 0 Å². The summed E-state index contributed by atoms with van der Waals surface area (Å²) in [6, 6.07) is 0. The maximum Gasteiger partial charge on any atom is 0.196 e. The smallest absolute Gasteiger partial charge is 0.196 e. The molecule has 0 spiro atoms. The number of allylic oxidation sites excluding steroid dienone is 1. The highest BCUT2D eigenvalue weighted by molar-refractivity contribution is 5.81. The molecule has 0 aromatic rings.